The van der Waals surface area contributed by atoms with E-state index in [9.17, 15) is 13.2 Å². The quantitative estimate of drug-likeness (QED) is 0.818. The molecule has 0 rings (SSSR count). The molecule has 0 amide bonds. The Kier molecular flexibility index (Phi) is 5.26. The van der Waals surface area contributed by atoms with Crippen LogP contribution in [0.5, 0.6) is 0 Å². The minimum atomic E-state index is -4.21. The maximum absolute atomic E-state index is 12.5. The largest absolute Gasteiger partial charge is 0.394 e. The number of halogens is 3. The van der Waals surface area contributed by atoms with Crippen LogP contribution in [0.25, 0.3) is 0 Å². The molecule has 16 heavy (non-hydrogen) atoms. The van der Waals surface area contributed by atoms with Crippen LogP contribution in [0.15, 0.2) is 0 Å². The molecule has 0 aliphatic heterocycles. The maximum Gasteiger partial charge on any atom is 0.394 e. The zero-order chi connectivity index (χ0) is 13.1. The van der Waals surface area contributed by atoms with Crippen molar-refractivity contribution < 1.29 is 13.2 Å². The Labute approximate surface area is 96.0 Å². The zero-order valence-electron chi connectivity index (χ0n) is 10.7. The lowest BCUT2D eigenvalue weighted by Gasteiger charge is -2.37. The Morgan fingerprint density at radius 3 is 1.88 bits per heavy atom. The average molecular weight is 240 g/mol. The van der Waals surface area contributed by atoms with Gasteiger partial charge in [0.2, 0.25) is 0 Å². The maximum atomic E-state index is 12.5. The van der Waals surface area contributed by atoms with E-state index in [1.165, 1.54) is 0 Å². The van der Waals surface area contributed by atoms with Gasteiger partial charge in [0.15, 0.2) is 0 Å². The van der Waals surface area contributed by atoms with Gasteiger partial charge in [-0.2, -0.15) is 13.2 Å². The van der Waals surface area contributed by atoms with Crippen molar-refractivity contribution in [2.45, 2.75) is 39.9 Å². The van der Waals surface area contributed by atoms with Gasteiger partial charge in [0.25, 0.3) is 0 Å². The predicted molar refractivity (Wildman–Crippen MR) is 60.1 cm³/mol. The fourth-order valence-corrected chi connectivity index (χ4v) is 1.48. The second kappa shape index (κ2) is 5.36. The minimum absolute atomic E-state index is 0.0422. The summed E-state index contributed by atoms with van der Waals surface area (Å²) in [5.41, 5.74) is 5.13. The fourth-order valence-electron chi connectivity index (χ4n) is 1.48. The van der Waals surface area contributed by atoms with Gasteiger partial charge in [-0.05, 0) is 19.4 Å². The molecule has 0 heterocycles. The molecular weight excluding hydrogens is 217 g/mol. The van der Waals surface area contributed by atoms with E-state index in [1.54, 1.807) is 11.9 Å². The van der Waals surface area contributed by atoms with Crippen molar-refractivity contribution >= 4 is 0 Å². The van der Waals surface area contributed by atoms with E-state index < -0.39 is 12.1 Å². The van der Waals surface area contributed by atoms with Gasteiger partial charge in [-0.1, -0.05) is 20.8 Å². The highest BCUT2D eigenvalue weighted by atomic mass is 19.4. The Morgan fingerprint density at radius 2 is 1.62 bits per heavy atom. The second-order valence-electron chi connectivity index (χ2n) is 5.46. The first kappa shape index (κ1) is 15.7. The smallest absolute Gasteiger partial charge is 0.330 e. The predicted octanol–water partition coefficient (Wildman–Crippen LogP) is 2.49. The second-order valence-corrected chi connectivity index (χ2v) is 5.46. The molecule has 0 saturated heterocycles. The average Bonchev–Trinajstić information content (AvgIpc) is 2.08. The molecule has 0 aromatic heterocycles. The first-order valence-corrected chi connectivity index (χ1v) is 5.47. The molecule has 0 aliphatic carbocycles. The van der Waals surface area contributed by atoms with Gasteiger partial charge in [0, 0.05) is 19.1 Å². The van der Waals surface area contributed by atoms with Crippen LogP contribution in [0, 0.1) is 11.3 Å². The summed E-state index contributed by atoms with van der Waals surface area (Å²) >= 11 is 0. The van der Waals surface area contributed by atoms with Crippen LogP contribution in [-0.4, -0.2) is 37.3 Å². The number of rotatable bonds is 4. The van der Waals surface area contributed by atoms with Gasteiger partial charge < -0.3 is 10.6 Å². The van der Waals surface area contributed by atoms with E-state index in [1.807, 2.05) is 27.7 Å². The third kappa shape index (κ3) is 4.70. The zero-order valence-corrected chi connectivity index (χ0v) is 10.7. The van der Waals surface area contributed by atoms with Gasteiger partial charge in [-0.3, -0.25) is 0 Å². The molecule has 98 valence electrons. The van der Waals surface area contributed by atoms with Crippen molar-refractivity contribution in [2.24, 2.45) is 17.1 Å². The molecule has 2 nitrogen and oxygen atoms in total. The summed E-state index contributed by atoms with van der Waals surface area (Å²) in [6.45, 7) is 7.57. The third-order valence-electron chi connectivity index (χ3n) is 3.17. The van der Waals surface area contributed by atoms with Crippen LogP contribution in [0.4, 0.5) is 13.2 Å². The normalized spacial score (nSPS) is 17.6. The van der Waals surface area contributed by atoms with Crippen LogP contribution < -0.4 is 5.73 Å². The summed E-state index contributed by atoms with van der Waals surface area (Å²) in [4.78, 5) is 1.73. The van der Waals surface area contributed by atoms with Crippen LogP contribution in [0.3, 0.4) is 0 Å². The molecule has 0 spiro atoms. The third-order valence-corrected chi connectivity index (χ3v) is 3.17. The molecule has 0 bridgehead atoms. The lowest BCUT2D eigenvalue weighted by molar-refractivity contribution is -0.177. The Bertz CT molecular complexity index is 208. The number of hydrogen-bond donors (Lipinski definition) is 1. The summed E-state index contributed by atoms with van der Waals surface area (Å²) in [5, 5.41) is 0. The standard InChI is InChI=1S/C11H23F3N2/c1-8(10(2,3)4)16(5)7-9(6-15)11(12,13)14/h8-9H,6-7,15H2,1-5H3. The number of hydrogen-bond acceptors (Lipinski definition) is 2. The molecule has 0 radical (unpaired) electrons. The van der Waals surface area contributed by atoms with E-state index >= 15 is 0 Å². The summed E-state index contributed by atoms with van der Waals surface area (Å²) in [7, 11) is 1.71. The Hall–Kier alpha value is -0.290. The van der Waals surface area contributed by atoms with Gasteiger partial charge in [-0.25, -0.2) is 0 Å². The molecule has 0 aliphatic rings. The molecule has 5 heteroatoms. The first-order valence-electron chi connectivity index (χ1n) is 5.47. The Balaban J connectivity index is 4.49. The fraction of sp³-hybridized carbons (Fsp3) is 1.00. The lowest BCUT2D eigenvalue weighted by atomic mass is 9.86. The highest BCUT2D eigenvalue weighted by Gasteiger charge is 2.40. The van der Waals surface area contributed by atoms with Crippen molar-refractivity contribution in [2.75, 3.05) is 20.1 Å². The van der Waals surface area contributed by atoms with Gasteiger partial charge >= 0.3 is 6.18 Å². The van der Waals surface area contributed by atoms with Gasteiger partial charge in [-0.15, -0.1) is 0 Å². The molecule has 2 atom stereocenters. The van der Waals surface area contributed by atoms with Crippen molar-refractivity contribution in [3.05, 3.63) is 0 Å². The highest BCUT2D eigenvalue weighted by molar-refractivity contribution is 4.81. The molecule has 0 fully saturated rings. The van der Waals surface area contributed by atoms with Gasteiger partial charge in [0.1, 0.15) is 0 Å². The molecular formula is C11H23F3N2. The molecule has 0 aromatic carbocycles. The summed E-state index contributed by atoms with van der Waals surface area (Å²) in [5.74, 6) is -1.44. The molecule has 0 aromatic rings. The van der Waals surface area contributed by atoms with E-state index in [4.69, 9.17) is 5.73 Å². The number of nitrogens with zero attached hydrogens (tertiary/aromatic N) is 1. The van der Waals surface area contributed by atoms with Crippen LogP contribution in [-0.2, 0) is 0 Å². The van der Waals surface area contributed by atoms with E-state index in [0.717, 1.165) is 0 Å². The summed E-state index contributed by atoms with van der Waals surface area (Å²) < 4.78 is 37.6. The van der Waals surface area contributed by atoms with E-state index in [-0.39, 0.29) is 24.5 Å². The highest BCUT2D eigenvalue weighted by Crippen LogP contribution is 2.29. The summed E-state index contributed by atoms with van der Waals surface area (Å²) in [6, 6.07) is 0.0731. The SMILES string of the molecule is CC(N(C)CC(CN)C(F)(F)F)C(C)(C)C. The van der Waals surface area contributed by atoms with Crippen LogP contribution in [0.1, 0.15) is 27.7 Å². The lowest BCUT2D eigenvalue weighted by Crippen LogP contribution is -2.46. The topological polar surface area (TPSA) is 29.3 Å². The van der Waals surface area contributed by atoms with Crippen molar-refractivity contribution in [1.29, 1.82) is 0 Å². The van der Waals surface area contributed by atoms with Crippen molar-refractivity contribution in [1.82, 2.24) is 4.90 Å². The monoisotopic (exact) mass is 240 g/mol. The van der Waals surface area contributed by atoms with Crippen molar-refractivity contribution in [3.63, 3.8) is 0 Å². The molecule has 2 N–H and O–H groups in total. The number of alkyl halides is 3. The first-order chi connectivity index (χ1) is 7.00. The Morgan fingerprint density at radius 1 is 1.19 bits per heavy atom. The summed E-state index contributed by atoms with van der Waals surface area (Å²) in [6.07, 6.45) is -4.21. The van der Waals surface area contributed by atoms with E-state index in [0.29, 0.717) is 0 Å². The van der Waals surface area contributed by atoms with Gasteiger partial charge in [0.05, 0.1) is 5.92 Å². The molecule has 2 unspecified atom stereocenters. The number of nitrogens with two attached hydrogens (primary N) is 1. The van der Waals surface area contributed by atoms with Crippen molar-refractivity contribution in [3.8, 4) is 0 Å². The van der Waals surface area contributed by atoms with Crippen LogP contribution >= 0.6 is 0 Å². The minimum Gasteiger partial charge on any atom is -0.330 e. The van der Waals surface area contributed by atoms with E-state index in [2.05, 4.69) is 0 Å². The van der Waals surface area contributed by atoms with Crippen LogP contribution in [0.2, 0.25) is 0 Å². The molecule has 0 saturated carbocycles.